The van der Waals surface area contributed by atoms with E-state index in [4.69, 9.17) is 4.74 Å². The van der Waals surface area contributed by atoms with E-state index in [2.05, 4.69) is 31.1 Å². The maximum Gasteiger partial charge on any atom is 0.122 e. The minimum atomic E-state index is 1.09. The van der Waals surface area contributed by atoms with Crippen LogP contribution in [0.4, 0.5) is 0 Å². The molecule has 2 nitrogen and oxygen atoms in total. The van der Waals surface area contributed by atoms with Crippen molar-refractivity contribution in [3.8, 4) is 5.75 Å². The highest BCUT2D eigenvalue weighted by Gasteiger charge is 2.14. The van der Waals surface area contributed by atoms with Gasteiger partial charge in [0.15, 0.2) is 0 Å². The van der Waals surface area contributed by atoms with Gasteiger partial charge in [-0.15, -0.1) is 0 Å². The SMILES string of the molecule is COc1cc2c(cc1CCCN(C)C)CCC2. The molecule has 0 bridgehead atoms. The van der Waals surface area contributed by atoms with E-state index >= 15 is 0 Å². The Bertz CT molecular complexity index is 385. The van der Waals surface area contributed by atoms with E-state index in [0.717, 1.165) is 18.7 Å². The lowest BCUT2D eigenvalue weighted by Crippen LogP contribution is -2.13. The Kier molecular flexibility index (Phi) is 4.06. The van der Waals surface area contributed by atoms with E-state index in [1.807, 2.05) is 0 Å². The molecule has 1 aliphatic rings. The van der Waals surface area contributed by atoms with E-state index < -0.39 is 0 Å². The maximum atomic E-state index is 5.51. The summed E-state index contributed by atoms with van der Waals surface area (Å²) in [6, 6.07) is 4.63. The van der Waals surface area contributed by atoms with Crippen LogP contribution in [0.5, 0.6) is 5.75 Å². The number of rotatable bonds is 5. The van der Waals surface area contributed by atoms with Gasteiger partial charge in [0.2, 0.25) is 0 Å². The highest BCUT2D eigenvalue weighted by atomic mass is 16.5. The third-order valence-electron chi connectivity index (χ3n) is 3.55. The predicted molar refractivity (Wildman–Crippen MR) is 71.9 cm³/mol. The quantitative estimate of drug-likeness (QED) is 0.775. The standard InChI is InChI=1S/C15H23NO/c1-16(2)9-5-8-14-10-12-6-4-7-13(12)11-15(14)17-3/h10-11H,4-9H2,1-3H3. The minimum Gasteiger partial charge on any atom is -0.496 e. The topological polar surface area (TPSA) is 12.5 Å². The van der Waals surface area contributed by atoms with Crippen LogP contribution in [0.25, 0.3) is 0 Å². The minimum absolute atomic E-state index is 1.09. The Morgan fingerprint density at radius 1 is 1.18 bits per heavy atom. The molecular formula is C15H23NO. The lowest BCUT2D eigenvalue weighted by Gasteiger charge is -2.13. The number of methoxy groups -OCH3 is 1. The van der Waals surface area contributed by atoms with Crippen molar-refractivity contribution in [2.75, 3.05) is 27.7 Å². The summed E-state index contributed by atoms with van der Waals surface area (Å²) >= 11 is 0. The fraction of sp³-hybridized carbons (Fsp3) is 0.600. The molecule has 0 aromatic heterocycles. The number of fused-ring (bicyclic) bond motifs is 1. The molecule has 0 unspecified atom stereocenters. The van der Waals surface area contributed by atoms with Crippen molar-refractivity contribution in [1.82, 2.24) is 4.90 Å². The average Bonchev–Trinajstić information content (AvgIpc) is 2.74. The van der Waals surface area contributed by atoms with Crippen LogP contribution in [-0.2, 0) is 19.3 Å². The van der Waals surface area contributed by atoms with Crippen LogP contribution in [-0.4, -0.2) is 32.6 Å². The second kappa shape index (κ2) is 5.54. The van der Waals surface area contributed by atoms with Gasteiger partial charge in [-0.05, 0) is 75.5 Å². The van der Waals surface area contributed by atoms with Gasteiger partial charge in [0, 0.05) is 0 Å². The first-order chi connectivity index (χ1) is 8.20. The van der Waals surface area contributed by atoms with E-state index in [0.29, 0.717) is 0 Å². The third kappa shape index (κ3) is 3.01. The zero-order valence-electron chi connectivity index (χ0n) is 11.3. The Morgan fingerprint density at radius 3 is 2.53 bits per heavy atom. The molecular weight excluding hydrogens is 210 g/mol. The average molecular weight is 233 g/mol. The van der Waals surface area contributed by atoms with Gasteiger partial charge < -0.3 is 9.64 Å². The Balaban J connectivity index is 2.09. The van der Waals surface area contributed by atoms with Crippen molar-refractivity contribution >= 4 is 0 Å². The normalized spacial score (nSPS) is 14.1. The molecule has 0 aliphatic heterocycles. The summed E-state index contributed by atoms with van der Waals surface area (Å²) in [5, 5.41) is 0. The first kappa shape index (κ1) is 12.4. The van der Waals surface area contributed by atoms with E-state index in [9.17, 15) is 0 Å². The van der Waals surface area contributed by atoms with Gasteiger partial charge in [-0.2, -0.15) is 0 Å². The van der Waals surface area contributed by atoms with Crippen LogP contribution < -0.4 is 4.74 Å². The summed E-state index contributed by atoms with van der Waals surface area (Å²) in [4.78, 5) is 2.24. The van der Waals surface area contributed by atoms with Gasteiger partial charge in [0.05, 0.1) is 7.11 Å². The molecule has 0 atom stereocenters. The lowest BCUT2D eigenvalue weighted by molar-refractivity contribution is 0.391. The molecule has 1 aromatic rings. The van der Waals surface area contributed by atoms with E-state index in [-0.39, 0.29) is 0 Å². The molecule has 17 heavy (non-hydrogen) atoms. The van der Waals surface area contributed by atoms with Crippen molar-refractivity contribution in [3.05, 3.63) is 28.8 Å². The fourth-order valence-corrected chi connectivity index (χ4v) is 2.62. The molecule has 0 N–H and O–H groups in total. The van der Waals surface area contributed by atoms with Crippen molar-refractivity contribution < 1.29 is 4.74 Å². The molecule has 0 amide bonds. The van der Waals surface area contributed by atoms with Crippen molar-refractivity contribution in [3.63, 3.8) is 0 Å². The maximum absolute atomic E-state index is 5.51. The lowest BCUT2D eigenvalue weighted by atomic mass is 10.0. The van der Waals surface area contributed by atoms with Crippen molar-refractivity contribution in [2.24, 2.45) is 0 Å². The van der Waals surface area contributed by atoms with Crippen molar-refractivity contribution in [1.29, 1.82) is 0 Å². The summed E-state index contributed by atoms with van der Waals surface area (Å²) in [6.45, 7) is 1.14. The number of nitrogens with zero attached hydrogens (tertiary/aromatic N) is 1. The number of hydrogen-bond acceptors (Lipinski definition) is 2. The summed E-state index contributed by atoms with van der Waals surface area (Å²) in [5.74, 6) is 1.09. The summed E-state index contributed by atoms with van der Waals surface area (Å²) in [5.41, 5.74) is 4.43. The van der Waals surface area contributed by atoms with Gasteiger partial charge in [-0.3, -0.25) is 0 Å². The molecule has 0 fully saturated rings. The molecule has 0 saturated carbocycles. The summed E-state index contributed by atoms with van der Waals surface area (Å²) < 4.78 is 5.51. The van der Waals surface area contributed by atoms with E-state index in [1.54, 1.807) is 12.7 Å². The molecule has 1 aromatic carbocycles. The number of aryl methyl sites for hydroxylation is 3. The number of ether oxygens (including phenoxy) is 1. The molecule has 1 aliphatic carbocycles. The number of benzene rings is 1. The molecule has 2 heteroatoms. The molecule has 0 heterocycles. The van der Waals surface area contributed by atoms with Gasteiger partial charge >= 0.3 is 0 Å². The number of hydrogen-bond donors (Lipinski definition) is 0. The van der Waals surface area contributed by atoms with Crippen LogP contribution in [0, 0.1) is 0 Å². The first-order valence-electron chi connectivity index (χ1n) is 6.54. The summed E-state index contributed by atoms with van der Waals surface area (Å²) in [6.07, 6.45) is 6.10. The monoisotopic (exact) mass is 233 g/mol. The van der Waals surface area contributed by atoms with Gasteiger partial charge in [-0.25, -0.2) is 0 Å². The molecule has 0 spiro atoms. The van der Waals surface area contributed by atoms with Gasteiger partial charge in [0.25, 0.3) is 0 Å². The first-order valence-corrected chi connectivity index (χ1v) is 6.54. The highest BCUT2D eigenvalue weighted by molar-refractivity contribution is 5.44. The molecule has 0 radical (unpaired) electrons. The molecule has 0 saturated heterocycles. The second-order valence-electron chi connectivity index (χ2n) is 5.19. The second-order valence-corrected chi connectivity index (χ2v) is 5.19. The highest BCUT2D eigenvalue weighted by Crippen LogP contribution is 2.30. The fourth-order valence-electron chi connectivity index (χ4n) is 2.62. The Hall–Kier alpha value is -1.02. The predicted octanol–water partition coefficient (Wildman–Crippen LogP) is 2.68. The Morgan fingerprint density at radius 2 is 1.88 bits per heavy atom. The van der Waals surface area contributed by atoms with Crippen molar-refractivity contribution in [2.45, 2.75) is 32.1 Å². The van der Waals surface area contributed by atoms with Crippen LogP contribution in [0.1, 0.15) is 29.5 Å². The zero-order valence-corrected chi connectivity index (χ0v) is 11.3. The smallest absolute Gasteiger partial charge is 0.122 e. The third-order valence-corrected chi connectivity index (χ3v) is 3.55. The van der Waals surface area contributed by atoms with Gasteiger partial charge in [0.1, 0.15) is 5.75 Å². The largest absolute Gasteiger partial charge is 0.496 e. The van der Waals surface area contributed by atoms with Gasteiger partial charge in [-0.1, -0.05) is 6.07 Å². The van der Waals surface area contributed by atoms with E-state index in [1.165, 1.54) is 36.8 Å². The zero-order chi connectivity index (χ0) is 12.3. The molecule has 2 rings (SSSR count). The van der Waals surface area contributed by atoms with Crippen LogP contribution in [0.3, 0.4) is 0 Å². The summed E-state index contributed by atoms with van der Waals surface area (Å²) in [7, 11) is 6.03. The Labute approximate surface area is 105 Å². The molecule has 94 valence electrons. The van der Waals surface area contributed by atoms with Crippen LogP contribution >= 0.6 is 0 Å². The van der Waals surface area contributed by atoms with Crippen LogP contribution in [0.15, 0.2) is 12.1 Å². The van der Waals surface area contributed by atoms with Crippen LogP contribution in [0.2, 0.25) is 0 Å².